The highest BCUT2D eigenvalue weighted by Gasteiger charge is 2.27. The number of hydrogen-bond acceptors (Lipinski definition) is 3. The molecule has 0 saturated heterocycles. The van der Waals surface area contributed by atoms with Gasteiger partial charge in [-0.25, -0.2) is 0 Å². The molecule has 3 aromatic carbocycles. The van der Waals surface area contributed by atoms with E-state index in [2.05, 4.69) is 63.6 Å². The van der Waals surface area contributed by atoms with Crippen LogP contribution in [0.3, 0.4) is 0 Å². The normalized spacial score (nSPS) is 13.6. The zero-order valence-corrected chi connectivity index (χ0v) is 18.1. The Morgan fingerprint density at radius 3 is 2.47 bits per heavy atom. The summed E-state index contributed by atoms with van der Waals surface area (Å²) in [5.74, 6) is -0.150. The highest BCUT2D eigenvalue weighted by atomic mass is 35.5. The fourth-order valence-electron chi connectivity index (χ4n) is 4.02. The van der Waals surface area contributed by atoms with Gasteiger partial charge in [0.25, 0.3) is 5.91 Å². The first-order valence-electron chi connectivity index (χ1n) is 10.2. The van der Waals surface area contributed by atoms with Gasteiger partial charge in [0.1, 0.15) is 0 Å². The summed E-state index contributed by atoms with van der Waals surface area (Å²) in [4.78, 5) is 17.3. The molecule has 30 heavy (non-hydrogen) atoms. The van der Waals surface area contributed by atoms with Gasteiger partial charge >= 0.3 is 0 Å². The van der Waals surface area contributed by atoms with Crippen LogP contribution in [0.2, 0.25) is 5.02 Å². The predicted molar refractivity (Wildman–Crippen MR) is 125 cm³/mol. The van der Waals surface area contributed by atoms with E-state index in [9.17, 15) is 4.79 Å². The van der Waals surface area contributed by atoms with Crippen LogP contribution >= 0.6 is 11.6 Å². The highest BCUT2D eigenvalue weighted by molar-refractivity contribution is 6.33. The summed E-state index contributed by atoms with van der Waals surface area (Å²) in [7, 11) is 4.07. The number of anilines is 2. The number of halogens is 1. The summed E-state index contributed by atoms with van der Waals surface area (Å²) < 4.78 is 0. The lowest BCUT2D eigenvalue weighted by Gasteiger charge is -2.31. The first kappa shape index (κ1) is 20.3. The molecule has 1 aliphatic heterocycles. The Balaban J connectivity index is 1.61. The molecule has 1 aliphatic rings. The van der Waals surface area contributed by atoms with Crippen molar-refractivity contribution in [2.45, 2.75) is 12.5 Å². The Labute approximate surface area is 183 Å². The van der Waals surface area contributed by atoms with E-state index in [4.69, 9.17) is 11.6 Å². The fraction of sp³-hybridized carbons (Fsp3) is 0.240. The molecule has 154 valence electrons. The summed E-state index contributed by atoms with van der Waals surface area (Å²) in [6, 6.07) is 24.3. The van der Waals surface area contributed by atoms with E-state index in [-0.39, 0.29) is 11.9 Å². The average Bonchev–Trinajstić information content (AvgIpc) is 3.18. The minimum Gasteiger partial charge on any atom is -0.378 e. The van der Waals surface area contributed by atoms with Crippen molar-refractivity contribution < 1.29 is 4.79 Å². The largest absolute Gasteiger partial charge is 0.378 e. The molecular weight excluding hydrogens is 394 g/mol. The van der Waals surface area contributed by atoms with Crippen molar-refractivity contribution in [1.82, 2.24) is 5.32 Å². The van der Waals surface area contributed by atoms with E-state index in [1.807, 2.05) is 26.2 Å². The number of para-hydroxylation sites is 1. The molecule has 0 fully saturated rings. The van der Waals surface area contributed by atoms with Crippen LogP contribution in [-0.4, -0.2) is 33.1 Å². The van der Waals surface area contributed by atoms with Gasteiger partial charge in [-0.1, -0.05) is 54.1 Å². The van der Waals surface area contributed by atoms with Gasteiger partial charge in [0, 0.05) is 38.6 Å². The molecule has 4 rings (SSSR count). The van der Waals surface area contributed by atoms with Crippen LogP contribution < -0.4 is 15.1 Å². The van der Waals surface area contributed by atoms with Gasteiger partial charge in [0.05, 0.1) is 16.6 Å². The molecule has 0 aliphatic carbocycles. The van der Waals surface area contributed by atoms with Gasteiger partial charge in [-0.3, -0.25) is 4.79 Å². The molecule has 1 heterocycles. The minimum atomic E-state index is -0.150. The third-order valence-corrected chi connectivity index (χ3v) is 6.00. The van der Waals surface area contributed by atoms with E-state index in [0.29, 0.717) is 17.1 Å². The molecule has 1 atom stereocenters. The molecule has 0 aromatic heterocycles. The second-order valence-corrected chi connectivity index (χ2v) is 8.17. The van der Waals surface area contributed by atoms with Crippen LogP contribution in [0.25, 0.3) is 0 Å². The maximum absolute atomic E-state index is 12.8. The molecule has 0 radical (unpaired) electrons. The average molecular weight is 420 g/mol. The quantitative estimate of drug-likeness (QED) is 0.614. The van der Waals surface area contributed by atoms with Crippen molar-refractivity contribution >= 4 is 28.9 Å². The second-order valence-electron chi connectivity index (χ2n) is 7.76. The number of carbonyl (C=O) groups is 1. The number of nitrogens with one attached hydrogen (secondary N) is 1. The number of rotatable bonds is 6. The van der Waals surface area contributed by atoms with Gasteiger partial charge in [0.15, 0.2) is 0 Å². The first-order chi connectivity index (χ1) is 14.5. The molecule has 0 saturated carbocycles. The maximum Gasteiger partial charge on any atom is 0.252 e. The van der Waals surface area contributed by atoms with Crippen LogP contribution in [0.5, 0.6) is 0 Å². The first-order valence-corrected chi connectivity index (χ1v) is 10.6. The Bertz CT molecular complexity index is 1030. The molecule has 0 bridgehead atoms. The Kier molecular flexibility index (Phi) is 5.96. The lowest BCUT2D eigenvalue weighted by atomic mass is 10.0. The van der Waals surface area contributed by atoms with Gasteiger partial charge < -0.3 is 15.1 Å². The third-order valence-electron chi connectivity index (χ3n) is 5.67. The summed E-state index contributed by atoms with van der Waals surface area (Å²) in [6.07, 6.45) is 1.01. The monoisotopic (exact) mass is 419 g/mol. The van der Waals surface area contributed by atoms with Gasteiger partial charge in [-0.15, -0.1) is 0 Å². The smallest absolute Gasteiger partial charge is 0.252 e. The van der Waals surface area contributed by atoms with E-state index in [1.165, 1.54) is 16.8 Å². The molecule has 4 nitrogen and oxygen atoms in total. The topological polar surface area (TPSA) is 35.6 Å². The summed E-state index contributed by atoms with van der Waals surface area (Å²) in [5, 5.41) is 3.57. The van der Waals surface area contributed by atoms with Crippen LogP contribution in [0, 0.1) is 0 Å². The molecular formula is C25H26ClN3O. The minimum absolute atomic E-state index is 0.0382. The van der Waals surface area contributed by atoms with Crippen LogP contribution in [0.1, 0.15) is 27.5 Å². The van der Waals surface area contributed by atoms with E-state index >= 15 is 0 Å². The fourth-order valence-corrected chi connectivity index (χ4v) is 4.24. The second kappa shape index (κ2) is 8.80. The zero-order valence-electron chi connectivity index (χ0n) is 17.3. The number of carbonyl (C=O) groups excluding carboxylic acids is 1. The van der Waals surface area contributed by atoms with E-state index in [0.717, 1.165) is 18.7 Å². The van der Waals surface area contributed by atoms with Crippen LogP contribution in [0.4, 0.5) is 11.4 Å². The summed E-state index contributed by atoms with van der Waals surface area (Å²) in [5.41, 5.74) is 5.43. The Morgan fingerprint density at radius 2 is 1.73 bits per heavy atom. The molecule has 1 amide bonds. The van der Waals surface area contributed by atoms with Gasteiger partial charge in [0.2, 0.25) is 0 Å². The van der Waals surface area contributed by atoms with Crippen LogP contribution in [-0.2, 0) is 6.42 Å². The number of fused-ring (bicyclic) bond motifs is 1. The summed E-state index contributed by atoms with van der Waals surface area (Å²) >= 11 is 6.22. The van der Waals surface area contributed by atoms with Crippen molar-refractivity contribution in [2.75, 3.05) is 37.0 Å². The molecule has 5 heteroatoms. The van der Waals surface area contributed by atoms with Crippen molar-refractivity contribution in [2.24, 2.45) is 0 Å². The number of nitrogens with zero attached hydrogens (tertiary/aromatic N) is 2. The highest BCUT2D eigenvalue weighted by Crippen LogP contribution is 2.35. The van der Waals surface area contributed by atoms with Crippen LogP contribution in [0.15, 0.2) is 72.8 Å². The lowest BCUT2D eigenvalue weighted by molar-refractivity contribution is 0.0951. The standard InChI is InChI=1S/C25H26ClN3O/c1-28(2)20-13-11-19(12-14-20)24(29-16-15-18-7-3-6-10-23(18)29)17-27-25(30)21-8-4-5-9-22(21)26/h3-14,24H,15-17H2,1-2H3,(H,27,30)/t24-/m1/s1. The van der Waals surface area contributed by atoms with Crippen molar-refractivity contribution in [1.29, 1.82) is 0 Å². The third kappa shape index (κ3) is 4.14. The van der Waals surface area contributed by atoms with Gasteiger partial charge in [-0.2, -0.15) is 0 Å². The number of amides is 1. The van der Waals surface area contributed by atoms with Crippen molar-refractivity contribution in [3.63, 3.8) is 0 Å². The van der Waals surface area contributed by atoms with E-state index in [1.54, 1.807) is 12.1 Å². The van der Waals surface area contributed by atoms with Crippen molar-refractivity contribution in [3.05, 3.63) is 94.5 Å². The van der Waals surface area contributed by atoms with E-state index < -0.39 is 0 Å². The lowest BCUT2D eigenvalue weighted by Crippen LogP contribution is -2.37. The predicted octanol–water partition coefficient (Wildman–Crippen LogP) is 4.94. The number of benzene rings is 3. The number of hydrogen-bond donors (Lipinski definition) is 1. The zero-order chi connectivity index (χ0) is 21.1. The summed E-state index contributed by atoms with van der Waals surface area (Å²) in [6.45, 7) is 1.43. The Hall–Kier alpha value is -2.98. The Morgan fingerprint density at radius 1 is 1.03 bits per heavy atom. The molecule has 1 N–H and O–H groups in total. The van der Waals surface area contributed by atoms with Gasteiger partial charge in [-0.05, 0) is 47.9 Å². The molecule has 0 spiro atoms. The van der Waals surface area contributed by atoms with Crippen molar-refractivity contribution in [3.8, 4) is 0 Å². The SMILES string of the molecule is CN(C)c1ccc([C@@H](CNC(=O)c2ccccc2Cl)N2CCc3ccccc32)cc1. The molecule has 3 aromatic rings. The molecule has 0 unspecified atom stereocenters. The maximum atomic E-state index is 12.8.